The SMILES string of the molecule is CCC1(CC)CCN(C2CCCc3ccccc3C2N)C1. The fraction of sp³-hybridized carbons (Fsp3) is 0.684. The van der Waals surface area contributed by atoms with Gasteiger partial charge in [-0.2, -0.15) is 0 Å². The van der Waals surface area contributed by atoms with Crippen LogP contribution in [0.15, 0.2) is 24.3 Å². The Hall–Kier alpha value is -0.860. The first-order chi connectivity index (χ1) is 10.2. The van der Waals surface area contributed by atoms with E-state index in [2.05, 4.69) is 43.0 Å². The minimum atomic E-state index is 0.188. The molecule has 1 fully saturated rings. The number of benzene rings is 1. The normalized spacial score (nSPS) is 29.1. The summed E-state index contributed by atoms with van der Waals surface area (Å²) in [6.45, 7) is 7.20. The molecule has 1 aromatic rings. The minimum Gasteiger partial charge on any atom is -0.323 e. The smallest absolute Gasteiger partial charge is 0.0455 e. The fourth-order valence-electron chi connectivity index (χ4n) is 4.47. The number of hydrogen-bond donors (Lipinski definition) is 1. The van der Waals surface area contributed by atoms with Crippen LogP contribution in [0.3, 0.4) is 0 Å². The van der Waals surface area contributed by atoms with E-state index in [4.69, 9.17) is 5.73 Å². The maximum atomic E-state index is 6.70. The van der Waals surface area contributed by atoms with E-state index in [1.807, 2.05) is 0 Å². The molecule has 0 saturated carbocycles. The van der Waals surface area contributed by atoms with E-state index >= 15 is 0 Å². The van der Waals surface area contributed by atoms with Crippen LogP contribution < -0.4 is 5.73 Å². The number of nitrogens with zero attached hydrogens (tertiary/aromatic N) is 1. The molecule has 0 amide bonds. The van der Waals surface area contributed by atoms with Gasteiger partial charge in [0.15, 0.2) is 0 Å². The molecule has 2 atom stereocenters. The van der Waals surface area contributed by atoms with E-state index in [-0.39, 0.29) is 6.04 Å². The van der Waals surface area contributed by atoms with Crippen molar-refractivity contribution < 1.29 is 0 Å². The molecule has 0 aromatic heterocycles. The van der Waals surface area contributed by atoms with Gasteiger partial charge in [0.05, 0.1) is 0 Å². The predicted octanol–water partition coefficient (Wildman–Crippen LogP) is 3.90. The highest BCUT2D eigenvalue weighted by molar-refractivity contribution is 5.32. The molecule has 3 rings (SSSR count). The second-order valence-electron chi connectivity index (χ2n) is 7.11. The van der Waals surface area contributed by atoms with Crippen LogP contribution in [-0.4, -0.2) is 24.0 Å². The number of hydrogen-bond acceptors (Lipinski definition) is 2. The molecular weight excluding hydrogens is 256 g/mol. The Morgan fingerprint density at radius 1 is 1.24 bits per heavy atom. The highest BCUT2D eigenvalue weighted by atomic mass is 15.2. The molecule has 2 N–H and O–H groups in total. The third kappa shape index (κ3) is 2.76. The first kappa shape index (κ1) is 15.1. The van der Waals surface area contributed by atoms with Crippen molar-refractivity contribution in [3.05, 3.63) is 35.4 Å². The van der Waals surface area contributed by atoms with E-state index < -0.39 is 0 Å². The Labute approximate surface area is 129 Å². The second-order valence-corrected chi connectivity index (χ2v) is 7.11. The number of likely N-dealkylation sites (tertiary alicyclic amines) is 1. The summed E-state index contributed by atoms with van der Waals surface area (Å²) in [5.41, 5.74) is 10.1. The minimum absolute atomic E-state index is 0.188. The Balaban J connectivity index is 1.81. The first-order valence-electron chi connectivity index (χ1n) is 8.76. The van der Waals surface area contributed by atoms with Crippen LogP contribution in [0.5, 0.6) is 0 Å². The van der Waals surface area contributed by atoms with Crippen molar-refractivity contribution in [3.63, 3.8) is 0 Å². The lowest BCUT2D eigenvalue weighted by Crippen LogP contribution is -2.42. The van der Waals surface area contributed by atoms with Gasteiger partial charge in [-0.05, 0) is 61.6 Å². The third-order valence-corrected chi connectivity index (χ3v) is 6.21. The summed E-state index contributed by atoms with van der Waals surface area (Å²) in [6.07, 6.45) is 7.68. The van der Waals surface area contributed by atoms with E-state index in [1.165, 1.54) is 62.7 Å². The molecule has 21 heavy (non-hydrogen) atoms. The predicted molar refractivity (Wildman–Crippen MR) is 89.3 cm³/mol. The standard InChI is InChI=1S/C19H30N2/c1-3-19(4-2)12-13-21(14-19)17-11-7-9-15-8-5-6-10-16(15)18(17)20/h5-6,8,10,17-18H,3-4,7,9,11-14,20H2,1-2H3. The molecule has 1 aliphatic heterocycles. The molecule has 116 valence electrons. The summed E-state index contributed by atoms with van der Waals surface area (Å²) in [7, 11) is 0. The largest absolute Gasteiger partial charge is 0.323 e. The Morgan fingerprint density at radius 2 is 2.00 bits per heavy atom. The van der Waals surface area contributed by atoms with Gasteiger partial charge in [0.25, 0.3) is 0 Å². The van der Waals surface area contributed by atoms with Crippen molar-refractivity contribution in [2.45, 2.75) is 64.5 Å². The maximum absolute atomic E-state index is 6.70. The molecule has 2 aliphatic rings. The van der Waals surface area contributed by atoms with Gasteiger partial charge in [0.1, 0.15) is 0 Å². The Bertz CT molecular complexity index is 478. The van der Waals surface area contributed by atoms with Gasteiger partial charge < -0.3 is 5.73 Å². The molecule has 1 aromatic carbocycles. The topological polar surface area (TPSA) is 29.3 Å². The monoisotopic (exact) mass is 286 g/mol. The molecule has 1 aliphatic carbocycles. The molecule has 2 nitrogen and oxygen atoms in total. The van der Waals surface area contributed by atoms with Crippen molar-refractivity contribution >= 4 is 0 Å². The highest BCUT2D eigenvalue weighted by Gasteiger charge is 2.40. The Morgan fingerprint density at radius 3 is 2.71 bits per heavy atom. The van der Waals surface area contributed by atoms with Crippen LogP contribution in [-0.2, 0) is 6.42 Å². The average Bonchev–Trinajstić information content (AvgIpc) is 2.89. The van der Waals surface area contributed by atoms with E-state index in [0.29, 0.717) is 11.5 Å². The van der Waals surface area contributed by atoms with Crippen LogP contribution in [0.4, 0.5) is 0 Å². The maximum Gasteiger partial charge on any atom is 0.0455 e. The van der Waals surface area contributed by atoms with Crippen LogP contribution in [0.25, 0.3) is 0 Å². The number of aryl methyl sites for hydroxylation is 1. The quantitative estimate of drug-likeness (QED) is 0.854. The average molecular weight is 286 g/mol. The van der Waals surface area contributed by atoms with Gasteiger partial charge in [-0.1, -0.05) is 38.1 Å². The van der Waals surface area contributed by atoms with Gasteiger partial charge in [0, 0.05) is 18.6 Å². The third-order valence-electron chi connectivity index (χ3n) is 6.21. The van der Waals surface area contributed by atoms with Gasteiger partial charge >= 0.3 is 0 Å². The summed E-state index contributed by atoms with van der Waals surface area (Å²) in [5, 5.41) is 0. The van der Waals surface area contributed by atoms with Gasteiger partial charge in [0.2, 0.25) is 0 Å². The van der Waals surface area contributed by atoms with E-state index in [1.54, 1.807) is 0 Å². The summed E-state index contributed by atoms with van der Waals surface area (Å²) < 4.78 is 0. The first-order valence-corrected chi connectivity index (χ1v) is 8.76. The number of rotatable bonds is 3. The molecule has 0 spiro atoms. The summed E-state index contributed by atoms with van der Waals surface area (Å²) in [5.74, 6) is 0. The molecule has 0 bridgehead atoms. The lowest BCUT2D eigenvalue weighted by atomic mass is 9.82. The van der Waals surface area contributed by atoms with Crippen molar-refractivity contribution in [2.24, 2.45) is 11.1 Å². The van der Waals surface area contributed by atoms with Crippen LogP contribution >= 0.6 is 0 Å². The molecular formula is C19H30N2. The zero-order valence-electron chi connectivity index (χ0n) is 13.6. The molecule has 2 heteroatoms. The van der Waals surface area contributed by atoms with Gasteiger partial charge in [-0.15, -0.1) is 0 Å². The summed E-state index contributed by atoms with van der Waals surface area (Å²) >= 11 is 0. The number of fused-ring (bicyclic) bond motifs is 1. The van der Waals surface area contributed by atoms with Gasteiger partial charge in [-0.3, -0.25) is 4.90 Å². The molecule has 1 heterocycles. The van der Waals surface area contributed by atoms with Crippen molar-refractivity contribution in [2.75, 3.05) is 13.1 Å². The lowest BCUT2D eigenvalue weighted by Gasteiger charge is -2.34. The summed E-state index contributed by atoms with van der Waals surface area (Å²) in [4.78, 5) is 2.71. The Kier molecular flexibility index (Phi) is 4.37. The lowest BCUT2D eigenvalue weighted by molar-refractivity contribution is 0.166. The zero-order chi connectivity index (χ0) is 14.9. The van der Waals surface area contributed by atoms with E-state index in [0.717, 1.165) is 0 Å². The fourth-order valence-corrected chi connectivity index (χ4v) is 4.47. The highest BCUT2D eigenvalue weighted by Crippen LogP contribution is 2.41. The van der Waals surface area contributed by atoms with Crippen LogP contribution in [0, 0.1) is 5.41 Å². The number of nitrogens with two attached hydrogens (primary N) is 1. The van der Waals surface area contributed by atoms with Gasteiger partial charge in [-0.25, -0.2) is 0 Å². The summed E-state index contributed by atoms with van der Waals surface area (Å²) in [6, 6.07) is 9.54. The van der Waals surface area contributed by atoms with Crippen molar-refractivity contribution in [3.8, 4) is 0 Å². The second kappa shape index (κ2) is 6.10. The van der Waals surface area contributed by atoms with Crippen molar-refractivity contribution in [1.82, 2.24) is 4.90 Å². The molecule has 1 saturated heterocycles. The van der Waals surface area contributed by atoms with Crippen molar-refractivity contribution in [1.29, 1.82) is 0 Å². The van der Waals surface area contributed by atoms with Crippen LogP contribution in [0.1, 0.15) is 63.1 Å². The van der Waals surface area contributed by atoms with Crippen LogP contribution in [0.2, 0.25) is 0 Å². The zero-order valence-corrected chi connectivity index (χ0v) is 13.6. The molecule has 0 radical (unpaired) electrons. The van der Waals surface area contributed by atoms with E-state index in [9.17, 15) is 0 Å². The molecule has 2 unspecified atom stereocenters.